The van der Waals surface area contributed by atoms with E-state index in [0.717, 1.165) is 6.42 Å². The second-order valence-electron chi connectivity index (χ2n) is 4.51. The van der Waals surface area contributed by atoms with Gasteiger partial charge in [-0.25, -0.2) is 4.79 Å². The molecule has 6 nitrogen and oxygen atoms in total. The van der Waals surface area contributed by atoms with E-state index in [-0.39, 0.29) is 5.69 Å². The lowest BCUT2D eigenvalue weighted by Crippen LogP contribution is -2.24. The molecule has 0 atom stereocenters. The van der Waals surface area contributed by atoms with Crippen molar-refractivity contribution in [3.05, 3.63) is 11.9 Å². The van der Waals surface area contributed by atoms with Crippen LogP contribution < -0.4 is 5.73 Å². The molecule has 0 aromatic carbocycles. The molecule has 6 heteroatoms. The molecule has 2 N–H and O–H groups in total. The zero-order chi connectivity index (χ0) is 12.2. The number of rotatable bonds is 4. The first kappa shape index (κ1) is 12.6. The Morgan fingerprint density at radius 1 is 1.56 bits per heavy atom. The summed E-state index contributed by atoms with van der Waals surface area (Å²) >= 11 is 0. The summed E-state index contributed by atoms with van der Waals surface area (Å²) in [5.74, 6) is -0.452. The van der Waals surface area contributed by atoms with Gasteiger partial charge in [0.1, 0.15) is 5.60 Å². The second kappa shape index (κ2) is 5.07. The molecule has 90 valence electrons. The van der Waals surface area contributed by atoms with E-state index in [1.807, 2.05) is 20.8 Å². The van der Waals surface area contributed by atoms with Gasteiger partial charge in [-0.2, -0.15) is 0 Å². The maximum Gasteiger partial charge on any atom is 0.361 e. The third-order valence-corrected chi connectivity index (χ3v) is 1.74. The number of hydrogen-bond donors (Lipinski definition) is 1. The predicted octanol–water partition coefficient (Wildman–Crippen LogP) is 0.582. The molecule has 0 bridgehead atoms. The SMILES string of the molecule is CC(C)(C)OC(=O)c1cn(CCCN)nn1. The van der Waals surface area contributed by atoms with Gasteiger partial charge in [0.15, 0.2) is 5.69 Å². The van der Waals surface area contributed by atoms with Crippen molar-refractivity contribution >= 4 is 5.97 Å². The van der Waals surface area contributed by atoms with Gasteiger partial charge in [-0.3, -0.25) is 4.68 Å². The molecule has 0 aliphatic rings. The van der Waals surface area contributed by atoms with Gasteiger partial charge in [0.2, 0.25) is 0 Å². The Balaban J connectivity index is 2.60. The monoisotopic (exact) mass is 226 g/mol. The fourth-order valence-electron chi connectivity index (χ4n) is 1.08. The van der Waals surface area contributed by atoms with Crippen molar-refractivity contribution in [3.63, 3.8) is 0 Å². The van der Waals surface area contributed by atoms with Gasteiger partial charge in [-0.15, -0.1) is 5.10 Å². The Hall–Kier alpha value is -1.43. The van der Waals surface area contributed by atoms with E-state index in [4.69, 9.17) is 10.5 Å². The summed E-state index contributed by atoms with van der Waals surface area (Å²) < 4.78 is 6.75. The number of ether oxygens (including phenoxy) is 1. The topological polar surface area (TPSA) is 83.0 Å². The molecule has 0 amide bonds. The van der Waals surface area contributed by atoms with Crippen molar-refractivity contribution in [2.75, 3.05) is 6.54 Å². The third-order valence-electron chi connectivity index (χ3n) is 1.74. The predicted molar refractivity (Wildman–Crippen MR) is 58.9 cm³/mol. The summed E-state index contributed by atoms with van der Waals surface area (Å²) in [4.78, 5) is 11.6. The lowest BCUT2D eigenvalue weighted by atomic mass is 10.2. The van der Waals surface area contributed by atoms with Crippen molar-refractivity contribution in [1.82, 2.24) is 15.0 Å². The van der Waals surface area contributed by atoms with Crippen LogP contribution in [0.4, 0.5) is 0 Å². The highest BCUT2D eigenvalue weighted by Gasteiger charge is 2.20. The number of aryl methyl sites for hydroxylation is 1. The Kier molecular flexibility index (Phi) is 4.00. The molecule has 1 rings (SSSR count). The van der Waals surface area contributed by atoms with E-state index in [2.05, 4.69) is 10.3 Å². The summed E-state index contributed by atoms with van der Waals surface area (Å²) in [6, 6.07) is 0. The molecule has 16 heavy (non-hydrogen) atoms. The van der Waals surface area contributed by atoms with Crippen LogP contribution in [0.1, 0.15) is 37.7 Å². The number of carbonyl (C=O) groups is 1. The van der Waals surface area contributed by atoms with Gasteiger partial charge >= 0.3 is 5.97 Å². The summed E-state index contributed by atoms with van der Waals surface area (Å²) in [5, 5.41) is 7.57. The highest BCUT2D eigenvalue weighted by Crippen LogP contribution is 2.10. The zero-order valence-electron chi connectivity index (χ0n) is 9.93. The Morgan fingerprint density at radius 3 is 2.81 bits per heavy atom. The fourth-order valence-corrected chi connectivity index (χ4v) is 1.08. The van der Waals surface area contributed by atoms with E-state index < -0.39 is 11.6 Å². The van der Waals surface area contributed by atoms with Gasteiger partial charge < -0.3 is 10.5 Å². The van der Waals surface area contributed by atoms with E-state index in [0.29, 0.717) is 13.1 Å². The van der Waals surface area contributed by atoms with Crippen LogP contribution in [-0.4, -0.2) is 33.1 Å². The van der Waals surface area contributed by atoms with E-state index in [1.165, 1.54) is 0 Å². The molecule has 0 aliphatic carbocycles. The van der Waals surface area contributed by atoms with Gasteiger partial charge in [-0.05, 0) is 33.7 Å². The van der Waals surface area contributed by atoms with E-state index in [1.54, 1.807) is 10.9 Å². The first-order valence-corrected chi connectivity index (χ1v) is 5.26. The van der Waals surface area contributed by atoms with Gasteiger partial charge in [0, 0.05) is 6.54 Å². The highest BCUT2D eigenvalue weighted by atomic mass is 16.6. The molecule has 1 heterocycles. The molecule has 1 aromatic heterocycles. The van der Waals surface area contributed by atoms with Crippen LogP contribution in [0, 0.1) is 0 Å². The number of aromatic nitrogens is 3. The normalized spacial score (nSPS) is 11.5. The molecule has 0 radical (unpaired) electrons. The van der Waals surface area contributed by atoms with Gasteiger partial charge in [0.05, 0.1) is 6.20 Å². The third kappa shape index (κ3) is 3.98. The van der Waals surface area contributed by atoms with Crippen molar-refractivity contribution < 1.29 is 9.53 Å². The number of hydrogen-bond acceptors (Lipinski definition) is 5. The van der Waals surface area contributed by atoms with Crippen molar-refractivity contribution in [3.8, 4) is 0 Å². The minimum absolute atomic E-state index is 0.229. The minimum atomic E-state index is -0.516. The second-order valence-corrected chi connectivity index (χ2v) is 4.51. The molecule has 0 unspecified atom stereocenters. The Bertz CT molecular complexity index is 354. The van der Waals surface area contributed by atoms with Crippen LogP contribution in [0.15, 0.2) is 6.20 Å². The molecular formula is C10H18N4O2. The van der Waals surface area contributed by atoms with Crippen LogP contribution in [0.2, 0.25) is 0 Å². The number of nitrogens with two attached hydrogens (primary N) is 1. The maximum absolute atomic E-state index is 11.6. The average Bonchev–Trinajstić information content (AvgIpc) is 2.60. The van der Waals surface area contributed by atoms with Crippen LogP contribution in [0.3, 0.4) is 0 Å². The quantitative estimate of drug-likeness (QED) is 0.759. The van der Waals surface area contributed by atoms with Crippen LogP contribution in [-0.2, 0) is 11.3 Å². The average molecular weight is 226 g/mol. The molecule has 0 saturated carbocycles. The number of nitrogens with zero attached hydrogens (tertiary/aromatic N) is 3. The minimum Gasteiger partial charge on any atom is -0.455 e. The van der Waals surface area contributed by atoms with Crippen molar-refractivity contribution in [2.24, 2.45) is 5.73 Å². The van der Waals surface area contributed by atoms with Crippen LogP contribution >= 0.6 is 0 Å². The summed E-state index contributed by atoms with van der Waals surface area (Å²) in [6.45, 7) is 6.67. The molecule has 0 saturated heterocycles. The van der Waals surface area contributed by atoms with Crippen LogP contribution in [0.5, 0.6) is 0 Å². The molecule has 0 aliphatic heterocycles. The standard InChI is InChI=1S/C10H18N4O2/c1-10(2,3)16-9(15)8-7-14(13-12-8)6-4-5-11/h7H,4-6,11H2,1-3H3. The summed E-state index contributed by atoms with van der Waals surface area (Å²) in [7, 11) is 0. The highest BCUT2D eigenvalue weighted by molar-refractivity contribution is 5.86. The first-order valence-electron chi connectivity index (χ1n) is 5.26. The lowest BCUT2D eigenvalue weighted by Gasteiger charge is -2.18. The smallest absolute Gasteiger partial charge is 0.361 e. The largest absolute Gasteiger partial charge is 0.455 e. The summed E-state index contributed by atoms with van der Waals surface area (Å²) in [6.07, 6.45) is 2.38. The lowest BCUT2D eigenvalue weighted by molar-refractivity contribution is 0.00627. The Labute approximate surface area is 94.8 Å². The zero-order valence-corrected chi connectivity index (χ0v) is 9.93. The fraction of sp³-hybridized carbons (Fsp3) is 0.700. The molecule has 0 spiro atoms. The van der Waals surface area contributed by atoms with Crippen molar-refractivity contribution in [2.45, 2.75) is 39.3 Å². The van der Waals surface area contributed by atoms with Crippen LogP contribution in [0.25, 0.3) is 0 Å². The van der Waals surface area contributed by atoms with E-state index in [9.17, 15) is 4.79 Å². The van der Waals surface area contributed by atoms with Gasteiger partial charge in [-0.1, -0.05) is 5.21 Å². The summed E-state index contributed by atoms with van der Waals surface area (Å²) in [5.41, 5.74) is 5.09. The number of carbonyl (C=O) groups excluding carboxylic acids is 1. The van der Waals surface area contributed by atoms with Crippen molar-refractivity contribution in [1.29, 1.82) is 0 Å². The molecule has 1 aromatic rings. The molecular weight excluding hydrogens is 208 g/mol. The Morgan fingerprint density at radius 2 is 2.25 bits per heavy atom. The van der Waals surface area contributed by atoms with Gasteiger partial charge in [0.25, 0.3) is 0 Å². The molecule has 0 fully saturated rings. The maximum atomic E-state index is 11.6. The first-order chi connectivity index (χ1) is 7.42. The number of esters is 1. The van der Waals surface area contributed by atoms with E-state index >= 15 is 0 Å².